The van der Waals surface area contributed by atoms with E-state index in [1.807, 2.05) is 0 Å². The van der Waals surface area contributed by atoms with Crippen LogP contribution < -0.4 is 5.32 Å². The Hall–Kier alpha value is -1.60. The lowest BCUT2D eigenvalue weighted by atomic mass is 9.99. The molecule has 0 aliphatic rings. The van der Waals surface area contributed by atoms with Gasteiger partial charge >= 0.3 is 0 Å². The van der Waals surface area contributed by atoms with E-state index in [0.717, 1.165) is 13.0 Å². The molecule has 1 nitrogen and oxygen atoms in total. The average molecular weight is 267 g/mol. The molecule has 2 rings (SSSR count). The van der Waals surface area contributed by atoms with Crippen LogP contribution in [-0.2, 0) is 0 Å². The predicted octanol–water partition coefficient (Wildman–Crippen LogP) is 5.11. The van der Waals surface area contributed by atoms with Crippen molar-refractivity contribution in [1.29, 1.82) is 0 Å². The van der Waals surface area contributed by atoms with Crippen molar-refractivity contribution < 1.29 is 0 Å². The van der Waals surface area contributed by atoms with Gasteiger partial charge in [-0.3, -0.25) is 0 Å². The van der Waals surface area contributed by atoms with Gasteiger partial charge in [0.1, 0.15) is 0 Å². The quantitative estimate of drug-likeness (QED) is 0.766. The Balaban J connectivity index is 2.14. The van der Waals surface area contributed by atoms with Crippen molar-refractivity contribution in [3.05, 3.63) is 59.7 Å². The first-order chi connectivity index (χ1) is 9.74. The van der Waals surface area contributed by atoms with Crippen LogP contribution in [0.3, 0.4) is 0 Å². The lowest BCUT2D eigenvalue weighted by molar-refractivity contribution is 0.518. The minimum atomic E-state index is 0.474. The molecule has 0 heterocycles. The topological polar surface area (TPSA) is 12.0 Å². The Morgan fingerprint density at radius 2 is 1.40 bits per heavy atom. The number of hydrogen-bond acceptors (Lipinski definition) is 1. The van der Waals surface area contributed by atoms with Crippen LogP contribution in [0.15, 0.2) is 48.5 Å². The van der Waals surface area contributed by atoms with Crippen LogP contribution in [0.2, 0.25) is 0 Å². The first-order valence-corrected chi connectivity index (χ1v) is 7.65. The minimum absolute atomic E-state index is 0.474. The zero-order valence-electron chi connectivity index (χ0n) is 12.8. The van der Waals surface area contributed by atoms with Crippen molar-refractivity contribution >= 4 is 0 Å². The molecule has 1 unspecified atom stereocenters. The number of nitrogens with one attached hydrogen (secondary N) is 1. The van der Waals surface area contributed by atoms with Gasteiger partial charge < -0.3 is 5.32 Å². The summed E-state index contributed by atoms with van der Waals surface area (Å²) in [5.74, 6) is 0. The summed E-state index contributed by atoms with van der Waals surface area (Å²) in [6.45, 7) is 7.65. The number of benzene rings is 2. The molecule has 0 aromatic heterocycles. The highest BCUT2D eigenvalue weighted by Crippen LogP contribution is 2.23. The van der Waals surface area contributed by atoms with Crippen molar-refractivity contribution in [2.75, 3.05) is 6.54 Å². The van der Waals surface area contributed by atoms with E-state index in [0.29, 0.717) is 6.04 Å². The van der Waals surface area contributed by atoms with Crippen LogP contribution in [0.4, 0.5) is 0 Å². The molecule has 20 heavy (non-hydrogen) atoms. The van der Waals surface area contributed by atoms with Gasteiger partial charge in [0.15, 0.2) is 0 Å². The summed E-state index contributed by atoms with van der Waals surface area (Å²) in [6.07, 6.45) is 2.31. The van der Waals surface area contributed by atoms with Gasteiger partial charge in [0, 0.05) is 6.04 Å². The second-order valence-corrected chi connectivity index (χ2v) is 5.40. The molecule has 0 aliphatic carbocycles. The maximum absolute atomic E-state index is 3.60. The fraction of sp³-hybridized carbons (Fsp3) is 0.368. The zero-order chi connectivity index (χ0) is 14.4. The minimum Gasteiger partial charge on any atom is -0.310 e. The second kappa shape index (κ2) is 7.25. The van der Waals surface area contributed by atoms with E-state index >= 15 is 0 Å². The Labute approximate surface area is 123 Å². The first-order valence-electron chi connectivity index (χ1n) is 7.65. The van der Waals surface area contributed by atoms with Crippen molar-refractivity contribution in [3.8, 4) is 11.1 Å². The predicted molar refractivity (Wildman–Crippen MR) is 87.9 cm³/mol. The van der Waals surface area contributed by atoms with E-state index in [1.165, 1.54) is 28.7 Å². The fourth-order valence-electron chi connectivity index (χ4n) is 2.47. The SMILES string of the molecule is CCCNC(CC)c1ccc(-c2ccc(C)cc2)cc1. The smallest absolute Gasteiger partial charge is 0.0317 e. The van der Waals surface area contributed by atoms with E-state index in [2.05, 4.69) is 74.6 Å². The van der Waals surface area contributed by atoms with Crippen molar-refractivity contribution in [2.45, 2.75) is 39.7 Å². The number of rotatable bonds is 6. The van der Waals surface area contributed by atoms with Crippen LogP contribution >= 0.6 is 0 Å². The zero-order valence-corrected chi connectivity index (χ0v) is 12.8. The van der Waals surface area contributed by atoms with E-state index in [9.17, 15) is 0 Å². The normalized spacial score (nSPS) is 12.3. The molecule has 106 valence electrons. The monoisotopic (exact) mass is 267 g/mol. The van der Waals surface area contributed by atoms with Crippen LogP contribution in [-0.4, -0.2) is 6.54 Å². The molecular formula is C19H25N. The van der Waals surface area contributed by atoms with Crippen molar-refractivity contribution in [1.82, 2.24) is 5.32 Å². The highest BCUT2D eigenvalue weighted by atomic mass is 14.9. The molecule has 2 aromatic rings. The highest BCUT2D eigenvalue weighted by molar-refractivity contribution is 5.64. The van der Waals surface area contributed by atoms with Crippen LogP contribution in [0.5, 0.6) is 0 Å². The van der Waals surface area contributed by atoms with E-state index in [-0.39, 0.29) is 0 Å². The van der Waals surface area contributed by atoms with Gasteiger partial charge in [-0.15, -0.1) is 0 Å². The summed E-state index contributed by atoms with van der Waals surface area (Å²) in [5.41, 5.74) is 5.27. The summed E-state index contributed by atoms with van der Waals surface area (Å²) in [6, 6.07) is 18.2. The van der Waals surface area contributed by atoms with Crippen LogP contribution in [0, 0.1) is 6.92 Å². The maximum atomic E-state index is 3.60. The van der Waals surface area contributed by atoms with Crippen LogP contribution in [0.25, 0.3) is 11.1 Å². The summed E-state index contributed by atoms with van der Waals surface area (Å²) in [5, 5.41) is 3.60. The molecule has 1 heteroatoms. The molecule has 0 saturated heterocycles. The third-order valence-corrected chi connectivity index (χ3v) is 3.75. The Morgan fingerprint density at radius 1 is 0.850 bits per heavy atom. The van der Waals surface area contributed by atoms with Gasteiger partial charge in [-0.2, -0.15) is 0 Å². The lowest BCUT2D eigenvalue weighted by Gasteiger charge is -2.17. The van der Waals surface area contributed by atoms with E-state index in [4.69, 9.17) is 0 Å². The Bertz CT molecular complexity index is 510. The molecule has 0 radical (unpaired) electrons. The third kappa shape index (κ3) is 3.71. The van der Waals surface area contributed by atoms with Gasteiger partial charge in [0.2, 0.25) is 0 Å². The summed E-state index contributed by atoms with van der Waals surface area (Å²) in [4.78, 5) is 0. The molecule has 0 saturated carbocycles. The van der Waals surface area contributed by atoms with Crippen molar-refractivity contribution in [3.63, 3.8) is 0 Å². The number of aryl methyl sites for hydroxylation is 1. The largest absolute Gasteiger partial charge is 0.310 e. The lowest BCUT2D eigenvalue weighted by Crippen LogP contribution is -2.21. The van der Waals surface area contributed by atoms with Crippen LogP contribution in [0.1, 0.15) is 43.9 Å². The first kappa shape index (κ1) is 14.8. The fourth-order valence-corrected chi connectivity index (χ4v) is 2.47. The number of hydrogen-bond donors (Lipinski definition) is 1. The Kier molecular flexibility index (Phi) is 5.37. The average Bonchev–Trinajstić information content (AvgIpc) is 2.49. The molecule has 0 fully saturated rings. The second-order valence-electron chi connectivity index (χ2n) is 5.40. The highest BCUT2D eigenvalue weighted by Gasteiger charge is 2.07. The molecule has 0 bridgehead atoms. The third-order valence-electron chi connectivity index (χ3n) is 3.75. The summed E-state index contributed by atoms with van der Waals surface area (Å²) >= 11 is 0. The van der Waals surface area contributed by atoms with Gasteiger partial charge in [-0.1, -0.05) is 67.9 Å². The van der Waals surface area contributed by atoms with E-state index in [1.54, 1.807) is 0 Å². The molecule has 1 atom stereocenters. The Morgan fingerprint density at radius 3 is 1.90 bits per heavy atom. The van der Waals surface area contributed by atoms with Crippen molar-refractivity contribution in [2.24, 2.45) is 0 Å². The standard InChI is InChI=1S/C19H25N/c1-4-14-20-19(5-2)18-12-10-17(11-13-18)16-8-6-15(3)7-9-16/h6-13,19-20H,4-5,14H2,1-3H3. The molecule has 1 N–H and O–H groups in total. The molecule has 0 amide bonds. The van der Waals surface area contributed by atoms with E-state index < -0.39 is 0 Å². The van der Waals surface area contributed by atoms with Gasteiger partial charge in [-0.25, -0.2) is 0 Å². The maximum Gasteiger partial charge on any atom is 0.0317 e. The molecule has 0 aliphatic heterocycles. The van der Waals surface area contributed by atoms with Gasteiger partial charge in [0.05, 0.1) is 0 Å². The van der Waals surface area contributed by atoms with Gasteiger partial charge in [0.25, 0.3) is 0 Å². The van der Waals surface area contributed by atoms with Gasteiger partial charge in [-0.05, 0) is 43.0 Å². The summed E-state index contributed by atoms with van der Waals surface area (Å²) in [7, 11) is 0. The molecular weight excluding hydrogens is 242 g/mol. The molecule has 2 aromatic carbocycles. The summed E-state index contributed by atoms with van der Waals surface area (Å²) < 4.78 is 0. The molecule has 0 spiro atoms.